The van der Waals surface area contributed by atoms with Crippen molar-refractivity contribution in [3.63, 3.8) is 0 Å². The van der Waals surface area contributed by atoms with E-state index in [1.54, 1.807) is 0 Å². The minimum atomic E-state index is 0. The zero-order chi connectivity index (χ0) is 53.7. The van der Waals surface area contributed by atoms with Crippen LogP contribution in [0.1, 0.15) is 180 Å². The molecule has 0 fully saturated rings. The minimum absolute atomic E-state index is 0. The molecule has 0 bridgehead atoms. The number of carbonyl (C=O) groups excluding carboxylic acids is 2. The molecule has 0 spiro atoms. The van der Waals surface area contributed by atoms with Gasteiger partial charge in [-0.25, -0.2) is 0 Å². The van der Waals surface area contributed by atoms with Crippen molar-refractivity contribution in [2.45, 2.75) is 174 Å². The normalized spacial score (nSPS) is 11.5. The van der Waals surface area contributed by atoms with Crippen molar-refractivity contribution < 1.29 is 60.0 Å². The molecule has 0 saturated heterocycles. The van der Waals surface area contributed by atoms with E-state index in [2.05, 4.69) is 150 Å². The molecular formula is C66H88Ir2N2O4-2. The molecule has 2 aromatic heterocycles. The summed E-state index contributed by atoms with van der Waals surface area (Å²) >= 11 is 0. The molecule has 2 N–H and O–H groups in total. The maximum atomic E-state index is 11.7. The van der Waals surface area contributed by atoms with Gasteiger partial charge in [-0.1, -0.05) is 147 Å². The first kappa shape index (κ1) is 67.4. The van der Waals surface area contributed by atoms with E-state index in [1.807, 2.05) is 67.8 Å². The van der Waals surface area contributed by atoms with E-state index in [-0.39, 0.29) is 87.0 Å². The van der Waals surface area contributed by atoms with Gasteiger partial charge in [0.1, 0.15) is 0 Å². The average molecular weight is 1360 g/mol. The minimum Gasteiger partial charge on any atom is -0.512 e. The topological polar surface area (TPSA) is 100 Å². The van der Waals surface area contributed by atoms with Gasteiger partial charge in [0, 0.05) is 88.4 Å². The Morgan fingerprint density at radius 2 is 0.838 bits per heavy atom. The maximum Gasteiger partial charge on any atom is 0.162 e. The maximum absolute atomic E-state index is 11.7. The number of aromatic nitrogens is 2. The van der Waals surface area contributed by atoms with Gasteiger partial charge >= 0.3 is 0 Å². The van der Waals surface area contributed by atoms with Crippen molar-refractivity contribution in [3.05, 3.63) is 154 Å². The number of aliphatic hydroxyl groups excluding tert-OH is 2. The number of rotatable bonds is 18. The first-order valence-corrected chi connectivity index (χ1v) is 27.0. The summed E-state index contributed by atoms with van der Waals surface area (Å²) in [6, 6.07) is 33.0. The van der Waals surface area contributed by atoms with Crippen LogP contribution in [-0.2, 0) is 49.8 Å². The fourth-order valence-corrected chi connectivity index (χ4v) is 9.13. The third-order valence-corrected chi connectivity index (χ3v) is 13.9. The van der Waals surface area contributed by atoms with Crippen LogP contribution in [-0.4, -0.2) is 31.7 Å². The van der Waals surface area contributed by atoms with Gasteiger partial charge in [-0.15, -0.1) is 69.8 Å². The Morgan fingerprint density at radius 1 is 0.473 bits per heavy atom. The summed E-state index contributed by atoms with van der Waals surface area (Å²) in [5.74, 6) is 2.15. The number of fused-ring (bicyclic) bond motifs is 2. The molecule has 8 heteroatoms. The quantitative estimate of drug-likeness (QED) is 0.0505. The van der Waals surface area contributed by atoms with E-state index < -0.39 is 0 Å². The van der Waals surface area contributed by atoms with E-state index in [0.717, 1.165) is 85.0 Å². The Kier molecular flexibility index (Phi) is 31.1. The molecule has 74 heavy (non-hydrogen) atoms. The summed E-state index contributed by atoms with van der Waals surface area (Å²) in [6.45, 7) is 33.4. The predicted octanol–water partition coefficient (Wildman–Crippen LogP) is 18.6. The predicted molar refractivity (Wildman–Crippen MR) is 307 cm³/mol. The van der Waals surface area contributed by atoms with Gasteiger partial charge in [0.05, 0.1) is 11.5 Å². The van der Waals surface area contributed by atoms with Gasteiger partial charge in [-0.3, -0.25) is 9.59 Å². The molecule has 0 amide bonds. The number of hydrogen-bond acceptors (Lipinski definition) is 6. The molecule has 0 saturated carbocycles. The van der Waals surface area contributed by atoms with Crippen LogP contribution in [0, 0.1) is 63.5 Å². The van der Waals surface area contributed by atoms with E-state index in [1.165, 1.54) is 56.0 Å². The van der Waals surface area contributed by atoms with Gasteiger partial charge in [0.15, 0.2) is 11.6 Å². The molecular weight excluding hydrogens is 1270 g/mol. The smallest absolute Gasteiger partial charge is 0.162 e. The first-order valence-electron chi connectivity index (χ1n) is 27.0. The van der Waals surface area contributed by atoms with Crippen molar-refractivity contribution in [2.75, 3.05) is 0 Å². The van der Waals surface area contributed by atoms with Crippen LogP contribution in [0.25, 0.3) is 44.1 Å². The van der Waals surface area contributed by atoms with E-state index in [0.29, 0.717) is 11.8 Å². The molecule has 2 radical (unpaired) electrons. The van der Waals surface area contributed by atoms with Crippen LogP contribution in [0.5, 0.6) is 0 Å². The van der Waals surface area contributed by atoms with Gasteiger partial charge in [-0.2, -0.15) is 0 Å². The number of pyridine rings is 2. The molecule has 0 unspecified atom stereocenters. The summed E-state index contributed by atoms with van der Waals surface area (Å²) in [6.07, 6.45) is 13.6. The molecule has 0 aliphatic rings. The monoisotopic (exact) mass is 1360 g/mol. The van der Waals surface area contributed by atoms with E-state index in [4.69, 9.17) is 0 Å². The standard InChI is InChI=1S/2C20H20N.2C13H24O2.2Ir/c1-13(2)16-5-6-19-17(12-16)7-8-21-20(19)18-10-14(3)9-15(4)11-18;1-13(2)17-6-5-16-7-8-21-20(19(16)12-17)18-10-14(3)9-15(4)11-18;2*1-5-10(6-2)12(14)9-13(15)11(7-3)8-4;;/h2*5-10,12-13H,1-4H3;2*9-11,14H,5-8H2,1-4H3;;/q2*-1;;;;. The molecule has 0 aliphatic heterocycles. The molecule has 4 aromatic carbocycles. The SMILES string of the molecule is CCC(CC)C(=O)C=C(O)C(CC)CC.CCC(CC)C(=O)C=C(O)C(CC)CC.Cc1[c-]c(-c2nccc3cc(C(C)C)ccc23)cc(C)c1.Cc1[c-]c(-c2nccc3ccc(C(C)C)cc23)cc(C)c1.[Ir].[Ir]. The number of nitrogens with zero attached hydrogens (tertiary/aromatic N) is 2. The molecule has 6 nitrogen and oxygen atoms in total. The summed E-state index contributed by atoms with van der Waals surface area (Å²) in [5.41, 5.74) is 11.7. The van der Waals surface area contributed by atoms with Crippen LogP contribution in [0.15, 0.2) is 109 Å². The van der Waals surface area contributed by atoms with Crippen LogP contribution in [0.3, 0.4) is 0 Å². The molecule has 406 valence electrons. The summed E-state index contributed by atoms with van der Waals surface area (Å²) in [7, 11) is 0. The van der Waals surface area contributed by atoms with Crippen molar-refractivity contribution in [3.8, 4) is 22.5 Å². The zero-order valence-corrected chi connectivity index (χ0v) is 52.4. The third kappa shape index (κ3) is 20.2. The van der Waals surface area contributed by atoms with Gasteiger partial charge in [0.2, 0.25) is 0 Å². The zero-order valence-electron chi connectivity index (χ0n) is 47.6. The van der Waals surface area contributed by atoms with Crippen LogP contribution in [0.4, 0.5) is 0 Å². The largest absolute Gasteiger partial charge is 0.512 e. The summed E-state index contributed by atoms with van der Waals surface area (Å²) in [5, 5.41) is 24.4. The van der Waals surface area contributed by atoms with Gasteiger partial charge in [-0.05, 0) is 119 Å². The number of aliphatic hydroxyl groups is 2. The number of ketones is 2. The average Bonchev–Trinajstić information content (AvgIpc) is 3.34. The Balaban J connectivity index is 0.000000497. The van der Waals surface area contributed by atoms with Crippen molar-refractivity contribution in [2.24, 2.45) is 23.7 Å². The van der Waals surface area contributed by atoms with Crippen molar-refractivity contribution in [1.82, 2.24) is 9.97 Å². The fraction of sp³-hybridized carbons (Fsp3) is 0.455. The fourth-order valence-electron chi connectivity index (χ4n) is 9.13. The Hall–Kier alpha value is -4.58. The van der Waals surface area contributed by atoms with E-state index >= 15 is 0 Å². The molecule has 0 atom stereocenters. The molecule has 6 rings (SSSR count). The summed E-state index contributed by atoms with van der Waals surface area (Å²) in [4.78, 5) is 32.7. The number of hydrogen-bond donors (Lipinski definition) is 2. The Bertz CT molecular complexity index is 2630. The number of aryl methyl sites for hydroxylation is 4. The molecule has 2 heterocycles. The first-order chi connectivity index (χ1) is 34.3. The molecule has 6 aromatic rings. The second kappa shape index (κ2) is 34.2. The van der Waals surface area contributed by atoms with Gasteiger partial charge < -0.3 is 20.2 Å². The van der Waals surface area contributed by atoms with Crippen LogP contribution >= 0.6 is 0 Å². The number of carbonyl (C=O) groups is 2. The third-order valence-electron chi connectivity index (χ3n) is 13.9. The Morgan fingerprint density at radius 3 is 1.22 bits per heavy atom. The van der Waals surface area contributed by atoms with E-state index in [9.17, 15) is 19.8 Å². The van der Waals surface area contributed by atoms with Crippen LogP contribution < -0.4 is 0 Å². The second-order valence-corrected chi connectivity index (χ2v) is 20.1. The number of allylic oxidation sites excluding steroid dienone is 4. The number of benzene rings is 4. The van der Waals surface area contributed by atoms with Crippen LogP contribution in [0.2, 0.25) is 0 Å². The Labute approximate surface area is 474 Å². The second-order valence-electron chi connectivity index (χ2n) is 20.1. The van der Waals surface area contributed by atoms with Gasteiger partial charge in [0.25, 0.3) is 0 Å². The van der Waals surface area contributed by atoms with Crippen molar-refractivity contribution >= 4 is 33.1 Å². The molecule has 0 aliphatic carbocycles. The van der Waals surface area contributed by atoms with Crippen molar-refractivity contribution in [1.29, 1.82) is 0 Å². The summed E-state index contributed by atoms with van der Waals surface area (Å²) < 4.78 is 0.